The maximum Gasteiger partial charge on any atom is 0.335 e. The van der Waals surface area contributed by atoms with E-state index in [1.54, 1.807) is 37.3 Å². The van der Waals surface area contributed by atoms with Crippen LogP contribution in [0.1, 0.15) is 34.8 Å². The second-order valence-corrected chi connectivity index (χ2v) is 8.27. The van der Waals surface area contributed by atoms with E-state index in [-0.39, 0.29) is 28.6 Å². The number of hydrogen-bond donors (Lipinski definition) is 3. The van der Waals surface area contributed by atoms with Gasteiger partial charge in [-0.1, -0.05) is 30.3 Å². The number of anilines is 2. The maximum atomic E-state index is 13.0. The van der Waals surface area contributed by atoms with E-state index in [9.17, 15) is 19.8 Å². The van der Waals surface area contributed by atoms with E-state index in [4.69, 9.17) is 0 Å². The molecule has 0 fully saturated rings. The van der Waals surface area contributed by atoms with Crippen LogP contribution in [-0.4, -0.2) is 33.5 Å². The number of aromatic hydroxyl groups is 1. The maximum absolute atomic E-state index is 13.0. The van der Waals surface area contributed by atoms with Gasteiger partial charge in [0.15, 0.2) is 5.71 Å². The summed E-state index contributed by atoms with van der Waals surface area (Å²) in [5, 5.41) is 30.0. The first-order chi connectivity index (χ1) is 16.4. The van der Waals surface area contributed by atoms with Gasteiger partial charge in [0.25, 0.3) is 0 Å². The molecule has 2 aliphatic rings. The van der Waals surface area contributed by atoms with Gasteiger partial charge in [-0.15, -0.1) is 0 Å². The Balaban J connectivity index is 1.40. The Morgan fingerprint density at radius 1 is 1.06 bits per heavy atom. The molecule has 0 bridgehead atoms. The Bertz CT molecular complexity index is 1390. The van der Waals surface area contributed by atoms with Gasteiger partial charge in [-0.3, -0.25) is 10.2 Å². The molecule has 1 heterocycles. The standard InChI is InChI=1S/C26H22N4O4/c1-15-23(25(32)30(29-15)20-12-11-16-5-2-6-17(16)14-20)28-27-22-10-4-9-21(24(22)31)18-7-3-8-19(13-18)26(33)34/h3-4,7-14,27,31H,2,5-6H2,1H3,(H,33,34)/b28-23+. The molecule has 1 aliphatic carbocycles. The number of phenolic OH excluding ortho intramolecular Hbond substituents is 1. The predicted octanol–water partition coefficient (Wildman–Crippen LogP) is 4.44. The van der Waals surface area contributed by atoms with Gasteiger partial charge in [0.05, 0.1) is 22.6 Å². The molecule has 3 N–H and O–H groups in total. The summed E-state index contributed by atoms with van der Waals surface area (Å²) in [5.41, 5.74) is 8.03. The number of carbonyl (C=O) groups is 2. The van der Waals surface area contributed by atoms with Crippen LogP contribution < -0.4 is 10.4 Å². The summed E-state index contributed by atoms with van der Waals surface area (Å²) in [6.07, 6.45) is 3.18. The molecule has 0 aromatic heterocycles. The smallest absolute Gasteiger partial charge is 0.335 e. The highest BCUT2D eigenvalue weighted by Crippen LogP contribution is 2.36. The summed E-state index contributed by atoms with van der Waals surface area (Å²) in [4.78, 5) is 24.3. The number of rotatable bonds is 5. The average molecular weight is 454 g/mol. The zero-order valence-corrected chi connectivity index (χ0v) is 18.4. The third kappa shape index (κ3) is 3.79. The molecule has 5 rings (SSSR count). The molecule has 3 aromatic carbocycles. The summed E-state index contributed by atoms with van der Waals surface area (Å²) in [6.45, 7) is 1.71. The fraction of sp³-hybridized carbons (Fsp3) is 0.154. The van der Waals surface area contributed by atoms with E-state index in [0.29, 0.717) is 22.5 Å². The van der Waals surface area contributed by atoms with Gasteiger partial charge in [-0.05, 0) is 73.2 Å². The van der Waals surface area contributed by atoms with Crippen molar-refractivity contribution in [3.8, 4) is 16.9 Å². The number of carboxylic acids is 1. The molecule has 34 heavy (non-hydrogen) atoms. The van der Waals surface area contributed by atoms with Crippen molar-refractivity contribution in [2.75, 3.05) is 10.4 Å². The minimum atomic E-state index is -1.05. The van der Waals surface area contributed by atoms with E-state index in [1.165, 1.54) is 28.3 Å². The van der Waals surface area contributed by atoms with Crippen molar-refractivity contribution in [3.05, 3.63) is 77.4 Å². The number of hydrazone groups is 2. The normalized spacial score (nSPS) is 16.0. The van der Waals surface area contributed by atoms with Crippen LogP contribution in [0.25, 0.3) is 11.1 Å². The molecule has 0 radical (unpaired) electrons. The monoisotopic (exact) mass is 454 g/mol. The summed E-state index contributed by atoms with van der Waals surface area (Å²) in [5.74, 6) is -1.51. The summed E-state index contributed by atoms with van der Waals surface area (Å²) < 4.78 is 0. The van der Waals surface area contributed by atoms with Gasteiger partial charge in [-0.25, -0.2) is 4.79 Å². The number of nitrogens with zero attached hydrogens (tertiary/aromatic N) is 3. The number of fused-ring (bicyclic) bond motifs is 1. The molecule has 170 valence electrons. The lowest BCUT2D eigenvalue weighted by molar-refractivity contribution is -0.112. The van der Waals surface area contributed by atoms with Crippen molar-refractivity contribution in [1.29, 1.82) is 0 Å². The number of nitrogens with one attached hydrogen (secondary N) is 1. The van der Waals surface area contributed by atoms with Crippen LogP contribution in [0.5, 0.6) is 5.75 Å². The molecular formula is C26H22N4O4. The van der Waals surface area contributed by atoms with Gasteiger partial charge in [-0.2, -0.15) is 15.2 Å². The molecule has 1 amide bonds. The highest BCUT2D eigenvalue weighted by Gasteiger charge is 2.31. The highest BCUT2D eigenvalue weighted by atomic mass is 16.4. The number of benzene rings is 3. The fourth-order valence-electron chi connectivity index (χ4n) is 4.29. The van der Waals surface area contributed by atoms with Crippen LogP contribution in [0.3, 0.4) is 0 Å². The first-order valence-corrected chi connectivity index (χ1v) is 10.9. The molecule has 0 saturated heterocycles. The van der Waals surface area contributed by atoms with Crippen LogP contribution in [0.4, 0.5) is 11.4 Å². The van der Waals surface area contributed by atoms with Gasteiger partial charge >= 0.3 is 11.9 Å². The highest BCUT2D eigenvalue weighted by molar-refractivity contribution is 6.71. The Labute approximate surface area is 195 Å². The van der Waals surface area contributed by atoms with Gasteiger partial charge < -0.3 is 10.2 Å². The summed E-state index contributed by atoms with van der Waals surface area (Å²) in [7, 11) is 0. The Hall–Kier alpha value is -4.46. The third-order valence-corrected chi connectivity index (χ3v) is 6.06. The summed E-state index contributed by atoms with van der Waals surface area (Å²) >= 11 is 0. The molecular weight excluding hydrogens is 432 g/mol. The third-order valence-electron chi connectivity index (χ3n) is 6.06. The van der Waals surface area contributed by atoms with Crippen LogP contribution in [-0.2, 0) is 17.6 Å². The van der Waals surface area contributed by atoms with Crippen LogP contribution in [0.15, 0.2) is 70.9 Å². The van der Waals surface area contributed by atoms with Crippen molar-refractivity contribution in [3.63, 3.8) is 0 Å². The number of hydrogen-bond acceptors (Lipinski definition) is 6. The van der Waals surface area contributed by atoms with Crippen molar-refractivity contribution in [2.45, 2.75) is 26.2 Å². The van der Waals surface area contributed by atoms with Crippen molar-refractivity contribution >= 4 is 34.7 Å². The lowest BCUT2D eigenvalue weighted by Gasteiger charge is -2.13. The van der Waals surface area contributed by atoms with Crippen LogP contribution >= 0.6 is 0 Å². The molecule has 0 atom stereocenters. The first-order valence-electron chi connectivity index (χ1n) is 10.9. The molecule has 8 nitrogen and oxygen atoms in total. The van der Waals surface area contributed by atoms with Crippen molar-refractivity contribution < 1.29 is 19.8 Å². The quantitative estimate of drug-likeness (QED) is 0.390. The van der Waals surface area contributed by atoms with Gasteiger partial charge in [0, 0.05) is 5.56 Å². The average Bonchev–Trinajstić information content (AvgIpc) is 3.42. The molecule has 0 spiro atoms. The topological polar surface area (TPSA) is 115 Å². The van der Waals surface area contributed by atoms with E-state index >= 15 is 0 Å². The Morgan fingerprint density at radius 2 is 1.85 bits per heavy atom. The zero-order valence-electron chi connectivity index (χ0n) is 18.4. The Morgan fingerprint density at radius 3 is 2.68 bits per heavy atom. The molecule has 1 aliphatic heterocycles. The van der Waals surface area contributed by atoms with Crippen molar-refractivity contribution in [2.24, 2.45) is 10.2 Å². The Kier molecular flexibility index (Phi) is 5.33. The molecule has 8 heteroatoms. The molecule has 0 saturated carbocycles. The number of amides is 1. The SMILES string of the molecule is CC1=NN(c2ccc3c(c2)CCC3)C(=O)/C1=N/Nc1cccc(-c2cccc(C(=O)O)c2)c1O. The zero-order chi connectivity index (χ0) is 23.8. The second-order valence-electron chi connectivity index (χ2n) is 8.27. The number of aromatic carboxylic acids is 1. The fourth-order valence-corrected chi connectivity index (χ4v) is 4.29. The number of phenols is 1. The second kappa shape index (κ2) is 8.47. The molecule has 0 unspecified atom stereocenters. The van der Waals surface area contributed by atoms with Crippen molar-refractivity contribution in [1.82, 2.24) is 0 Å². The largest absolute Gasteiger partial charge is 0.505 e. The van der Waals surface area contributed by atoms with E-state index in [1.807, 2.05) is 18.2 Å². The van der Waals surface area contributed by atoms with Gasteiger partial charge in [0.2, 0.25) is 0 Å². The number of para-hydroxylation sites is 1. The number of carboxylic acid groups (broad SMARTS) is 1. The van der Waals surface area contributed by atoms with E-state index < -0.39 is 5.97 Å². The van der Waals surface area contributed by atoms with E-state index in [0.717, 1.165) is 19.3 Å². The molecule has 3 aromatic rings. The lowest BCUT2D eigenvalue weighted by atomic mass is 10.0. The minimum Gasteiger partial charge on any atom is -0.505 e. The predicted molar refractivity (Wildman–Crippen MR) is 131 cm³/mol. The van der Waals surface area contributed by atoms with E-state index in [2.05, 4.69) is 15.6 Å². The lowest BCUT2D eigenvalue weighted by Crippen LogP contribution is -2.28. The summed E-state index contributed by atoms with van der Waals surface area (Å²) in [6, 6.07) is 17.3. The van der Waals surface area contributed by atoms with Gasteiger partial charge in [0.1, 0.15) is 5.75 Å². The number of aryl methyl sites for hydroxylation is 2. The first kappa shape index (κ1) is 21.4. The van der Waals surface area contributed by atoms with Crippen LogP contribution in [0, 0.1) is 0 Å². The number of carbonyl (C=O) groups excluding carboxylic acids is 1. The minimum absolute atomic E-state index is 0.107. The van der Waals surface area contributed by atoms with Crippen LogP contribution in [0.2, 0.25) is 0 Å².